The summed E-state index contributed by atoms with van der Waals surface area (Å²) in [6.07, 6.45) is 9.13. The van der Waals surface area contributed by atoms with E-state index in [1.807, 2.05) is 43.0 Å². The Morgan fingerprint density at radius 3 is 2.62 bits per heavy atom. The average molecular weight is 452 g/mol. The van der Waals surface area contributed by atoms with Crippen molar-refractivity contribution in [1.82, 2.24) is 9.47 Å². The maximum atomic E-state index is 13.4. The van der Waals surface area contributed by atoms with E-state index in [1.165, 1.54) is 18.6 Å². The molecule has 3 heterocycles. The zero-order valence-electron chi connectivity index (χ0n) is 19.1. The number of hydrogen-bond acceptors (Lipinski definition) is 5. The Kier molecular flexibility index (Phi) is 7.40. The van der Waals surface area contributed by atoms with E-state index in [0.717, 1.165) is 54.7 Å². The summed E-state index contributed by atoms with van der Waals surface area (Å²) in [4.78, 5) is 15.6. The summed E-state index contributed by atoms with van der Waals surface area (Å²) >= 11 is 1.88. The van der Waals surface area contributed by atoms with Crippen molar-refractivity contribution in [3.05, 3.63) is 52.8 Å². The highest BCUT2D eigenvalue weighted by atomic mass is 32.2. The molecule has 2 aliphatic rings. The highest BCUT2D eigenvalue weighted by Gasteiger charge is 2.46. The summed E-state index contributed by atoms with van der Waals surface area (Å²) in [6.45, 7) is 2.41. The van der Waals surface area contributed by atoms with Crippen LogP contribution >= 0.6 is 11.8 Å². The second kappa shape index (κ2) is 10.2. The molecular weight excluding hydrogens is 418 g/mol. The van der Waals surface area contributed by atoms with Crippen LogP contribution in [0, 0.1) is 18.3 Å². The van der Waals surface area contributed by atoms with Crippen LogP contribution in [0.4, 0.5) is 0 Å². The second-order valence-electron chi connectivity index (χ2n) is 9.13. The maximum Gasteiger partial charge on any atom is 0.178 e. The lowest BCUT2D eigenvalue weighted by Crippen LogP contribution is -2.36. The van der Waals surface area contributed by atoms with Crippen LogP contribution in [-0.2, 0) is 6.42 Å². The number of carbonyl (C=O) groups is 1. The van der Waals surface area contributed by atoms with Gasteiger partial charge in [0.05, 0.1) is 24.3 Å². The van der Waals surface area contributed by atoms with Crippen molar-refractivity contribution in [3.8, 4) is 11.8 Å². The fraction of sp³-hybridized carbons (Fsp3) is 0.538. The smallest absolute Gasteiger partial charge is 0.178 e. The minimum Gasteiger partial charge on any atom is -0.391 e. The number of benzene rings is 1. The quantitative estimate of drug-likeness (QED) is 0.425. The van der Waals surface area contributed by atoms with Gasteiger partial charge in [-0.1, -0.05) is 6.42 Å². The van der Waals surface area contributed by atoms with Gasteiger partial charge in [0, 0.05) is 34.7 Å². The lowest BCUT2D eigenvalue weighted by molar-refractivity contribution is 0.0873. The molecule has 0 spiro atoms. The third-order valence-electron chi connectivity index (χ3n) is 7.13. The van der Waals surface area contributed by atoms with E-state index in [1.54, 1.807) is 0 Å². The molecular formula is C26H33N3O2S. The van der Waals surface area contributed by atoms with Crippen LogP contribution < -0.4 is 0 Å². The number of aryl methyl sites for hydroxylation is 1. The molecule has 2 bridgehead atoms. The Labute approximate surface area is 195 Å². The minimum absolute atomic E-state index is 0.140. The first-order chi connectivity index (χ1) is 15.5. The molecule has 170 valence electrons. The zero-order valence-corrected chi connectivity index (χ0v) is 19.9. The van der Waals surface area contributed by atoms with Gasteiger partial charge in [-0.3, -0.25) is 9.69 Å². The number of nitriles is 1. The first kappa shape index (κ1) is 23.1. The Morgan fingerprint density at radius 2 is 2.00 bits per heavy atom. The highest BCUT2D eigenvalue weighted by Crippen LogP contribution is 2.38. The third kappa shape index (κ3) is 4.66. The monoisotopic (exact) mass is 451 g/mol. The van der Waals surface area contributed by atoms with Crippen molar-refractivity contribution in [1.29, 1.82) is 5.26 Å². The number of aliphatic hydroxyl groups excluding tert-OH is 1. The number of aliphatic hydroxyl groups is 1. The van der Waals surface area contributed by atoms with Gasteiger partial charge in [-0.05, 0) is 87.8 Å². The summed E-state index contributed by atoms with van der Waals surface area (Å²) in [7, 11) is 0. The summed E-state index contributed by atoms with van der Waals surface area (Å²) in [5.74, 6) is 1.33. The van der Waals surface area contributed by atoms with E-state index in [4.69, 9.17) is 5.26 Å². The molecule has 0 amide bonds. The lowest BCUT2D eigenvalue weighted by Gasteiger charge is -2.21. The van der Waals surface area contributed by atoms with Gasteiger partial charge < -0.3 is 9.67 Å². The minimum atomic E-state index is -0.289. The number of carbonyl (C=O) groups excluding carboxylic acids is 1. The van der Waals surface area contributed by atoms with E-state index < -0.39 is 0 Å². The van der Waals surface area contributed by atoms with Gasteiger partial charge in [-0.25, -0.2) is 0 Å². The number of unbranched alkanes of at least 4 members (excludes halogenated alkanes) is 2. The van der Waals surface area contributed by atoms with E-state index in [9.17, 15) is 9.90 Å². The van der Waals surface area contributed by atoms with Crippen LogP contribution in [-0.4, -0.2) is 57.1 Å². The number of nitrogens with zero attached hydrogens (tertiary/aromatic N) is 3. The molecule has 0 saturated carbocycles. The molecule has 2 saturated heterocycles. The molecule has 0 radical (unpaired) electrons. The van der Waals surface area contributed by atoms with E-state index in [0.29, 0.717) is 18.2 Å². The van der Waals surface area contributed by atoms with E-state index in [2.05, 4.69) is 27.9 Å². The second-order valence-corrected chi connectivity index (χ2v) is 10.1. The van der Waals surface area contributed by atoms with Crippen molar-refractivity contribution in [2.24, 2.45) is 0 Å². The van der Waals surface area contributed by atoms with Crippen molar-refractivity contribution in [2.75, 3.05) is 18.6 Å². The normalized spacial score (nSPS) is 22.4. The Hall–Kier alpha value is -2.07. The molecule has 5 nitrogen and oxygen atoms in total. The van der Waals surface area contributed by atoms with Crippen LogP contribution in [0.1, 0.15) is 65.8 Å². The number of hydrogen-bond donors (Lipinski definition) is 1. The van der Waals surface area contributed by atoms with Crippen molar-refractivity contribution in [2.45, 2.75) is 70.1 Å². The van der Waals surface area contributed by atoms with Crippen LogP contribution in [0.5, 0.6) is 0 Å². The van der Waals surface area contributed by atoms with Gasteiger partial charge in [0.15, 0.2) is 5.78 Å². The largest absolute Gasteiger partial charge is 0.391 e. The lowest BCUT2D eigenvalue weighted by atomic mass is 9.98. The molecule has 0 aliphatic carbocycles. The van der Waals surface area contributed by atoms with Gasteiger partial charge in [0.2, 0.25) is 0 Å². The SMILES string of the molecule is CSCCCCCc1cc(C(=O)CN2[C@H]3CC[C@@H]2[C@H](O)C3)c(C)n1-c1ccc(C#N)cc1. The van der Waals surface area contributed by atoms with Gasteiger partial charge in [0.25, 0.3) is 0 Å². The van der Waals surface area contributed by atoms with Crippen LogP contribution in [0.25, 0.3) is 5.69 Å². The molecule has 0 unspecified atom stereocenters. The predicted molar refractivity (Wildman–Crippen MR) is 130 cm³/mol. The molecule has 1 N–H and O–H groups in total. The number of aromatic nitrogens is 1. The van der Waals surface area contributed by atoms with Crippen LogP contribution in [0.15, 0.2) is 30.3 Å². The number of Topliss-reactive ketones (excluding diaryl/α,β-unsaturated/α-hetero) is 1. The first-order valence-electron chi connectivity index (χ1n) is 11.7. The number of ketones is 1. The topological polar surface area (TPSA) is 69.3 Å². The van der Waals surface area contributed by atoms with Crippen LogP contribution in [0.2, 0.25) is 0 Å². The molecule has 2 aliphatic heterocycles. The van der Waals surface area contributed by atoms with Crippen molar-refractivity contribution < 1.29 is 9.90 Å². The van der Waals surface area contributed by atoms with Gasteiger partial charge >= 0.3 is 0 Å². The standard InChI is InChI=1S/C26H33N3O2S/c1-18-23(26(31)17-28-21-11-12-24(28)25(30)15-21)14-22(6-4-3-5-13-32-2)29(18)20-9-7-19(16-27)8-10-20/h7-10,14,21,24-25,30H,3-6,11-13,15,17H2,1-2H3/t21-,24+,25+/m0/s1. The fourth-order valence-corrected chi connectivity index (χ4v) is 5.97. The first-order valence-corrected chi connectivity index (χ1v) is 13.1. The maximum absolute atomic E-state index is 13.4. The van der Waals surface area contributed by atoms with E-state index >= 15 is 0 Å². The molecule has 3 atom stereocenters. The Bertz CT molecular complexity index is 992. The fourth-order valence-electron chi connectivity index (χ4n) is 5.48. The van der Waals surface area contributed by atoms with Crippen molar-refractivity contribution >= 4 is 17.5 Å². The van der Waals surface area contributed by atoms with E-state index in [-0.39, 0.29) is 17.9 Å². The van der Waals surface area contributed by atoms with Crippen LogP contribution in [0.3, 0.4) is 0 Å². The molecule has 6 heteroatoms. The molecule has 4 rings (SSSR count). The predicted octanol–water partition coefficient (Wildman–Crippen LogP) is 4.51. The molecule has 1 aromatic carbocycles. The van der Waals surface area contributed by atoms with Crippen molar-refractivity contribution in [3.63, 3.8) is 0 Å². The van der Waals surface area contributed by atoms with Gasteiger partial charge in [-0.2, -0.15) is 17.0 Å². The number of thioether (sulfide) groups is 1. The Morgan fingerprint density at radius 1 is 1.22 bits per heavy atom. The van der Waals surface area contributed by atoms with Gasteiger partial charge in [-0.15, -0.1) is 0 Å². The Balaban J connectivity index is 1.57. The number of fused-ring (bicyclic) bond motifs is 2. The molecule has 32 heavy (non-hydrogen) atoms. The summed E-state index contributed by atoms with van der Waals surface area (Å²) < 4.78 is 2.19. The average Bonchev–Trinajstić information content (AvgIpc) is 3.43. The molecule has 2 aromatic rings. The van der Waals surface area contributed by atoms with Gasteiger partial charge in [0.1, 0.15) is 0 Å². The summed E-state index contributed by atoms with van der Waals surface area (Å²) in [5, 5.41) is 19.4. The third-order valence-corrected chi connectivity index (χ3v) is 7.83. The summed E-state index contributed by atoms with van der Waals surface area (Å²) in [5.41, 5.74) is 4.54. The zero-order chi connectivity index (χ0) is 22.7. The highest BCUT2D eigenvalue weighted by molar-refractivity contribution is 7.98. The molecule has 1 aromatic heterocycles. The number of rotatable bonds is 10. The molecule has 2 fully saturated rings. The summed E-state index contributed by atoms with van der Waals surface area (Å²) in [6, 6.07) is 12.3.